The molecule has 3 rings (SSSR count). The molecule has 0 unspecified atom stereocenters. The van der Waals surface area contributed by atoms with Gasteiger partial charge in [0.15, 0.2) is 0 Å². The first-order valence-corrected chi connectivity index (χ1v) is 7.52. The molecule has 0 aliphatic carbocycles. The Morgan fingerprint density at radius 2 is 1.92 bits per heavy atom. The lowest BCUT2D eigenvalue weighted by atomic mass is 10.2. The number of carbonyl (C=O) groups is 1. The second-order valence-corrected chi connectivity index (χ2v) is 5.32. The number of fused-ring (bicyclic) bond motifs is 1. The van der Waals surface area contributed by atoms with E-state index in [2.05, 4.69) is 10.4 Å². The average Bonchev–Trinajstić information content (AvgIpc) is 2.63. The maximum Gasteiger partial charge on any atom is 0.275 e. The summed E-state index contributed by atoms with van der Waals surface area (Å²) in [5.41, 5.74) is 0.677. The molecule has 3 aromatic rings. The SMILES string of the molecule is COc1ccc(CNC(=O)Cn2ncc3ccccc3c2=O)cc1. The van der Waals surface area contributed by atoms with Gasteiger partial charge >= 0.3 is 0 Å². The summed E-state index contributed by atoms with van der Waals surface area (Å²) in [6, 6.07) is 14.6. The molecule has 0 radical (unpaired) electrons. The van der Waals surface area contributed by atoms with Gasteiger partial charge in [-0.3, -0.25) is 9.59 Å². The van der Waals surface area contributed by atoms with Gasteiger partial charge in [-0.25, -0.2) is 4.68 Å². The number of nitrogens with one attached hydrogen (secondary N) is 1. The van der Waals surface area contributed by atoms with Gasteiger partial charge in [0, 0.05) is 11.9 Å². The molecule has 0 aliphatic heterocycles. The van der Waals surface area contributed by atoms with Crippen LogP contribution in [0.15, 0.2) is 59.5 Å². The van der Waals surface area contributed by atoms with Crippen LogP contribution in [-0.4, -0.2) is 22.8 Å². The summed E-state index contributed by atoms with van der Waals surface area (Å²) in [5, 5.41) is 8.14. The van der Waals surface area contributed by atoms with Crippen molar-refractivity contribution < 1.29 is 9.53 Å². The fourth-order valence-corrected chi connectivity index (χ4v) is 2.38. The molecule has 1 aromatic heterocycles. The number of rotatable bonds is 5. The molecule has 2 aromatic carbocycles. The first kappa shape index (κ1) is 15.7. The van der Waals surface area contributed by atoms with E-state index in [9.17, 15) is 9.59 Å². The second kappa shape index (κ2) is 6.95. The minimum Gasteiger partial charge on any atom is -0.497 e. The van der Waals surface area contributed by atoms with E-state index in [-0.39, 0.29) is 18.0 Å². The highest BCUT2D eigenvalue weighted by Gasteiger charge is 2.08. The van der Waals surface area contributed by atoms with Crippen LogP contribution < -0.4 is 15.6 Å². The summed E-state index contributed by atoms with van der Waals surface area (Å²) >= 11 is 0. The number of carbonyl (C=O) groups excluding carboxylic acids is 1. The van der Waals surface area contributed by atoms with Crippen molar-refractivity contribution in [2.75, 3.05) is 7.11 Å². The summed E-state index contributed by atoms with van der Waals surface area (Å²) in [6.07, 6.45) is 1.59. The number of methoxy groups -OCH3 is 1. The zero-order valence-corrected chi connectivity index (χ0v) is 13.2. The Bertz CT molecular complexity index is 917. The van der Waals surface area contributed by atoms with Gasteiger partial charge in [0.2, 0.25) is 5.91 Å². The highest BCUT2D eigenvalue weighted by molar-refractivity contribution is 5.81. The second-order valence-electron chi connectivity index (χ2n) is 5.32. The molecule has 24 heavy (non-hydrogen) atoms. The van der Waals surface area contributed by atoms with E-state index in [1.54, 1.807) is 25.4 Å². The maximum absolute atomic E-state index is 12.3. The third-order valence-electron chi connectivity index (χ3n) is 3.70. The van der Waals surface area contributed by atoms with Gasteiger partial charge in [-0.1, -0.05) is 30.3 Å². The lowest BCUT2D eigenvalue weighted by Gasteiger charge is -2.08. The van der Waals surface area contributed by atoms with Crippen LogP contribution >= 0.6 is 0 Å². The van der Waals surface area contributed by atoms with E-state index >= 15 is 0 Å². The summed E-state index contributed by atoms with van der Waals surface area (Å²) in [4.78, 5) is 24.4. The van der Waals surface area contributed by atoms with Gasteiger partial charge in [0.1, 0.15) is 12.3 Å². The molecule has 122 valence electrons. The molecule has 6 nitrogen and oxygen atoms in total. The average molecular weight is 323 g/mol. The molecule has 1 N–H and O–H groups in total. The molecule has 1 amide bonds. The molecule has 0 fully saturated rings. The largest absolute Gasteiger partial charge is 0.497 e. The van der Waals surface area contributed by atoms with E-state index < -0.39 is 0 Å². The Kier molecular flexibility index (Phi) is 4.56. The first-order chi connectivity index (χ1) is 11.7. The van der Waals surface area contributed by atoms with Crippen molar-refractivity contribution in [3.63, 3.8) is 0 Å². The van der Waals surface area contributed by atoms with Gasteiger partial charge < -0.3 is 10.1 Å². The topological polar surface area (TPSA) is 73.2 Å². The van der Waals surface area contributed by atoms with Crippen molar-refractivity contribution in [2.45, 2.75) is 13.1 Å². The number of ether oxygens (including phenoxy) is 1. The van der Waals surface area contributed by atoms with Crippen LogP contribution in [0.25, 0.3) is 10.8 Å². The zero-order chi connectivity index (χ0) is 16.9. The predicted molar refractivity (Wildman–Crippen MR) is 90.8 cm³/mol. The van der Waals surface area contributed by atoms with Crippen LogP contribution in [0, 0.1) is 0 Å². The molecule has 0 bridgehead atoms. The third-order valence-corrected chi connectivity index (χ3v) is 3.70. The van der Waals surface area contributed by atoms with Gasteiger partial charge in [-0.2, -0.15) is 5.10 Å². The van der Waals surface area contributed by atoms with Gasteiger partial charge in [-0.15, -0.1) is 0 Å². The molecule has 0 aliphatic rings. The summed E-state index contributed by atoms with van der Waals surface area (Å²) in [5.74, 6) is 0.493. The van der Waals surface area contributed by atoms with Crippen molar-refractivity contribution >= 4 is 16.7 Å². The third kappa shape index (κ3) is 3.43. The number of amides is 1. The van der Waals surface area contributed by atoms with Crippen LogP contribution in [0.2, 0.25) is 0 Å². The fourth-order valence-electron chi connectivity index (χ4n) is 2.38. The van der Waals surface area contributed by atoms with Gasteiger partial charge in [0.25, 0.3) is 5.56 Å². The van der Waals surface area contributed by atoms with Crippen LogP contribution in [-0.2, 0) is 17.9 Å². The van der Waals surface area contributed by atoms with Crippen molar-refractivity contribution in [1.82, 2.24) is 15.1 Å². The predicted octanol–water partition coefficient (Wildman–Crippen LogP) is 1.72. The molecule has 1 heterocycles. The zero-order valence-electron chi connectivity index (χ0n) is 13.2. The summed E-state index contributed by atoms with van der Waals surface area (Å²) in [7, 11) is 1.60. The standard InChI is InChI=1S/C18H17N3O3/c1-24-15-8-6-13(7-9-15)10-19-17(22)12-21-18(23)16-5-3-2-4-14(16)11-20-21/h2-9,11H,10,12H2,1H3,(H,19,22). The number of nitrogens with zero attached hydrogens (tertiary/aromatic N) is 2. The number of hydrogen-bond acceptors (Lipinski definition) is 4. The normalized spacial score (nSPS) is 10.5. The minimum atomic E-state index is -0.271. The van der Waals surface area contributed by atoms with E-state index in [0.717, 1.165) is 16.7 Å². The first-order valence-electron chi connectivity index (χ1n) is 7.52. The van der Waals surface area contributed by atoms with Crippen LogP contribution in [0.5, 0.6) is 5.75 Å². The maximum atomic E-state index is 12.3. The Morgan fingerprint density at radius 3 is 2.67 bits per heavy atom. The minimum absolute atomic E-state index is 0.111. The van der Waals surface area contributed by atoms with Gasteiger partial charge in [-0.05, 0) is 23.8 Å². The number of benzene rings is 2. The highest BCUT2D eigenvalue weighted by atomic mass is 16.5. The number of hydrogen-bond donors (Lipinski definition) is 1. The summed E-state index contributed by atoms with van der Waals surface area (Å²) in [6.45, 7) is 0.269. The van der Waals surface area contributed by atoms with Crippen molar-refractivity contribution in [3.05, 3.63) is 70.6 Å². The Hall–Kier alpha value is -3.15. The fraction of sp³-hybridized carbons (Fsp3) is 0.167. The molecule has 0 saturated carbocycles. The highest BCUT2D eigenvalue weighted by Crippen LogP contribution is 2.11. The van der Waals surface area contributed by atoms with Crippen LogP contribution in [0.1, 0.15) is 5.56 Å². The molecule has 0 spiro atoms. The van der Waals surface area contributed by atoms with E-state index in [1.165, 1.54) is 4.68 Å². The lowest BCUT2D eigenvalue weighted by Crippen LogP contribution is -2.33. The molecular formula is C18H17N3O3. The van der Waals surface area contributed by atoms with Crippen LogP contribution in [0.4, 0.5) is 0 Å². The Morgan fingerprint density at radius 1 is 1.17 bits per heavy atom. The van der Waals surface area contributed by atoms with E-state index in [0.29, 0.717) is 11.9 Å². The number of aromatic nitrogens is 2. The quantitative estimate of drug-likeness (QED) is 0.776. The Balaban J connectivity index is 1.66. The van der Waals surface area contributed by atoms with Crippen molar-refractivity contribution in [3.8, 4) is 5.75 Å². The molecular weight excluding hydrogens is 306 g/mol. The smallest absolute Gasteiger partial charge is 0.275 e. The van der Waals surface area contributed by atoms with E-state index in [1.807, 2.05) is 36.4 Å². The van der Waals surface area contributed by atoms with Gasteiger partial charge in [0.05, 0.1) is 18.7 Å². The molecule has 6 heteroatoms. The molecule has 0 saturated heterocycles. The Labute approximate surface area is 138 Å². The van der Waals surface area contributed by atoms with Crippen LogP contribution in [0.3, 0.4) is 0 Å². The monoisotopic (exact) mass is 323 g/mol. The summed E-state index contributed by atoms with van der Waals surface area (Å²) < 4.78 is 6.26. The molecule has 0 atom stereocenters. The van der Waals surface area contributed by atoms with Crippen molar-refractivity contribution in [2.24, 2.45) is 0 Å². The van der Waals surface area contributed by atoms with E-state index in [4.69, 9.17) is 4.74 Å². The van der Waals surface area contributed by atoms with Crippen molar-refractivity contribution in [1.29, 1.82) is 0 Å². The lowest BCUT2D eigenvalue weighted by molar-refractivity contribution is -0.122.